The van der Waals surface area contributed by atoms with Gasteiger partial charge in [0.1, 0.15) is 18.1 Å². The predicted molar refractivity (Wildman–Crippen MR) is 173 cm³/mol. The number of carbonyl (C=O) groups excluding carboxylic acids is 3. The number of nitrogens with two attached hydrogens (primary N) is 1. The fourth-order valence-corrected chi connectivity index (χ4v) is 5.65. The van der Waals surface area contributed by atoms with Crippen LogP contribution in [0, 0.1) is 5.92 Å². The largest absolute Gasteiger partial charge is 0.480 e. The zero-order valence-corrected chi connectivity index (χ0v) is 25.9. The zero-order chi connectivity index (χ0) is 31.8. The number of amides is 3. The SMILES string of the molecule is CSCCC(NC(=O)C(Cc1c[nH]c2ccccc12)NC(=O)C(NC(=O)C(N)Cc1c[nH]c2ccccc12)C(C)C)C(=O)O. The fraction of sp³-hybridized carbons (Fsp3) is 0.375. The van der Waals surface area contributed by atoms with Gasteiger partial charge in [-0.15, -0.1) is 0 Å². The number of benzene rings is 2. The van der Waals surface area contributed by atoms with Crippen molar-refractivity contribution in [3.63, 3.8) is 0 Å². The third kappa shape index (κ3) is 8.00. The Kier molecular flexibility index (Phi) is 11.1. The summed E-state index contributed by atoms with van der Waals surface area (Å²) in [6.07, 6.45) is 6.05. The maximum absolute atomic E-state index is 13.7. The number of rotatable bonds is 15. The average Bonchev–Trinajstić information content (AvgIpc) is 3.61. The second kappa shape index (κ2) is 14.9. The molecule has 4 unspecified atom stereocenters. The zero-order valence-electron chi connectivity index (χ0n) is 25.1. The summed E-state index contributed by atoms with van der Waals surface area (Å²) in [5, 5.41) is 19.7. The van der Waals surface area contributed by atoms with Crippen LogP contribution in [-0.4, -0.2) is 74.9 Å². The molecular formula is C32H40N6O5S. The Morgan fingerprint density at radius 1 is 0.795 bits per heavy atom. The normalized spacial score (nSPS) is 14.2. The van der Waals surface area contributed by atoms with E-state index in [0.717, 1.165) is 32.9 Å². The second-order valence-corrected chi connectivity index (χ2v) is 12.2. The van der Waals surface area contributed by atoms with Crippen molar-refractivity contribution in [2.75, 3.05) is 12.0 Å². The van der Waals surface area contributed by atoms with Gasteiger partial charge in [0.25, 0.3) is 0 Å². The number of carboxylic acids is 1. The number of H-pyrrole nitrogens is 2. The summed E-state index contributed by atoms with van der Waals surface area (Å²) in [7, 11) is 0. The fourth-order valence-electron chi connectivity index (χ4n) is 5.18. The molecule has 4 atom stereocenters. The van der Waals surface area contributed by atoms with Crippen LogP contribution in [0.25, 0.3) is 21.8 Å². The molecule has 0 radical (unpaired) electrons. The number of carbonyl (C=O) groups is 4. The molecule has 234 valence electrons. The molecule has 4 rings (SSSR count). The molecule has 0 aliphatic carbocycles. The van der Waals surface area contributed by atoms with E-state index in [4.69, 9.17) is 5.73 Å². The van der Waals surface area contributed by atoms with Crippen LogP contribution >= 0.6 is 11.8 Å². The van der Waals surface area contributed by atoms with Gasteiger partial charge in [-0.25, -0.2) is 4.79 Å². The molecule has 3 amide bonds. The highest BCUT2D eigenvalue weighted by Gasteiger charge is 2.32. The number of aromatic nitrogens is 2. The molecule has 44 heavy (non-hydrogen) atoms. The Bertz CT molecular complexity index is 1610. The summed E-state index contributed by atoms with van der Waals surface area (Å²) in [5.74, 6) is -2.63. The second-order valence-electron chi connectivity index (χ2n) is 11.2. The number of nitrogens with one attached hydrogen (secondary N) is 5. The summed E-state index contributed by atoms with van der Waals surface area (Å²) < 4.78 is 0. The molecule has 2 aromatic heterocycles. The van der Waals surface area contributed by atoms with Gasteiger partial charge < -0.3 is 36.8 Å². The van der Waals surface area contributed by atoms with Crippen molar-refractivity contribution in [2.24, 2.45) is 11.7 Å². The lowest BCUT2D eigenvalue weighted by molar-refractivity contribution is -0.142. The van der Waals surface area contributed by atoms with Crippen molar-refractivity contribution < 1.29 is 24.3 Å². The highest BCUT2D eigenvalue weighted by atomic mass is 32.2. The third-order valence-electron chi connectivity index (χ3n) is 7.66. The molecule has 2 aromatic carbocycles. The summed E-state index contributed by atoms with van der Waals surface area (Å²) in [5.41, 5.74) is 9.76. The van der Waals surface area contributed by atoms with Gasteiger partial charge in [-0.3, -0.25) is 14.4 Å². The first-order chi connectivity index (χ1) is 21.1. The molecule has 12 heteroatoms. The van der Waals surface area contributed by atoms with E-state index < -0.39 is 47.9 Å². The van der Waals surface area contributed by atoms with E-state index in [2.05, 4.69) is 25.9 Å². The van der Waals surface area contributed by atoms with Crippen molar-refractivity contribution in [1.82, 2.24) is 25.9 Å². The van der Waals surface area contributed by atoms with Crippen LogP contribution in [0.5, 0.6) is 0 Å². The molecule has 8 N–H and O–H groups in total. The number of hydrogen-bond acceptors (Lipinski definition) is 6. The predicted octanol–water partition coefficient (Wildman–Crippen LogP) is 2.71. The van der Waals surface area contributed by atoms with E-state index in [1.54, 1.807) is 20.0 Å². The van der Waals surface area contributed by atoms with E-state index in [1.807, 2.05) is 61.0 Å². The van der Waals surface area contributed by atoms with Crippen LogP contribution in [-0.2, 0) is 32.0 Å². The minimum atomic E-state index is -1.15. The van der Waals surface area contributed by atoms with Crippen LogP contribution in [0.4, 0.5) is 0 Å². The van der Waals surface area contributed by atoms with Crippen LogP contribution in [0.2, 0.25) is 0 Å². The quantitative estimate of drug-likeness (QED) is 0.107. The number of thioether (sulfide) groups is 1. The van der Waals surface area contributed by atoms with Gasteiger partial charge in [0.05, 0.1) is 6.04 Å². The van der Waals surface area contributed by atoms with Gasteiger partial charge in [-0.1, -0.05) is 50.2 Å². The first kappa shape index (κ1) is 32.6. The number of aromatic amines is 2. The maximum atomic E-state index is 13.7. The minimum Gasteiger partial charge on any atom is -0.480 e. The lowest BCUT2D eigenvalue weighted by Gasteiger charge is -2.27. The van der Waals surface area contributed by atoms with Gasteiger partial charge in [-0.2, -0.15) is 11.8 Å². The van der Waals surface area contributed by atoms with E-state index in [9.17, 15) is 24.3 Å². The van der Waals surface area contributed by atoms with Gasteiger partial charge >= 0.3 is 5.97 Å². The number of carboxylic acid groups (broad SMARTS) is 1. The highest BCUT2D eigenvalue weighted by Crippen LogP contribution is 2.21. The maximum Gasteiger partial charge on any atom is 0.326 e. The van der Waals surface area contributed by atoms with E-state index in [1.165, 1.54) is 11.8 Å². The van der Waals surface area contributed by atoms with Crippen LogP contribution in [0.15, 0.2) is 60.9 Å². The summed E-state index contributed by atoms with van der Waals surface area (Å²) >= 11 is 1.47. The number of aliphatic carboxylic acids is 1. The molecule has 2 heterocycles. The van der Waals surface area contributed by atoms with Gasteiger partial charge in [0, 0.05) is 40.6 Å². The number of fused-ring (bicyclic) bond motifs is 2. The van der Waals surface area contributed by atoms with Crippen LogP contribution in [0.3, 0.4) is 0 Å². The van der Waals surface area contributed by atoms with E-state index >= 15 is 0 Å². The number of para-hydroxylation sites is 2. The highest BCUT2D eigenvalue weighted by molar-refractivity contribution is 7.98. The minimum absolute atomic E-state index is 0.106. The molecular weight excluding hydrogens is 580 g/mol. The Hall–Kier alpha value is -4.29. The van der Waals surface area contributed by atoms with E-state index in [-0.39, 0.29) is 25.2 Å². The summed E-state index contributed by atoms with van der Waals surface area (Å²) in [6, 6.07) is 11.2. The average molecular weight is 621 g/mol. The molecule has 0 saturated carbocycles. The molecule has 0 saturated heterocycles. The smallest absolute Gasteiger partial charge is 0.326 e. The monoisotopic (exact) mass is 620 g/mol. The lowest BCUT2D eigenvalue weighted by atomic mass is 9.99. The Morgan fingerprint density at radius 3 is 1.89 bits per heavy atom. The molecule has 0 aliphatic rings. The Labute approximate surface area is 260 Å². The topological polar surface area (TPSA) is 182 Å². The Balaban J connectivity index is 1.50. The first-order valence-electron chi connectivity index (χ1n) is 14.6. The molecule has 0 bridgehead atoms. The number of hydrogen-bond donors (Lipinski definition) is 7. The van der Waals surface area contributed by atoms with Crippen molar-refractivity contribution in [3.05, 3.63) is 72.1 Å². The van der Waals surface area contributed by atoms with Gasteiger partial charge in [0.15, 0.2) is 0 Å². The third-order valence-corrected chi connectivity index (χ3v) is 8.30. The van der Waals surface area contributed by atoms with Crippen molar-refractivity contribution >= 4 is 57.3 Å². The van der Waals surface area contributed by atoms with Gasteiger partial charge in [0.2, 0.25) is 17.7 Å². The summed E-state index contributed by atoms with van der Waals surface area (Å²) in [4.78, 5) is 58.6. The van der Waals surface area contributed by atoms with Crippen molar-refractivity contribution in [3.8, 4) is 0 Å². The first-order valence-corrected chi connectivity index (χ1v) is 16.0. The van der Waals surface area contributed by atoms with Crippen molar-refractivity contribution in [1.29, 1.82) is 0 Å². The molecule has 11 nitrogen and oxygen atoms in total. The van der Waals surface area contributed by atoms with Crippen LogP contribution < -0.4 is 21.7 Å². The van der Waals surface area contributed by atoms with Gasteiger partial charge in [-0.05, 0) is 54.0 Å². The van der Waals surface area contributed by atoms with E-state index in [0.29, 0.717) is 5.75 Å². The standard InChI is InChI=1S/C32H40N6O5S/c1-18(2)28(38-29(39)23(33)14-19-16-34-24-10-6-4-8-21(19)24)31(41)37-27(30(40)36-26(32(42)43)12-13-44-3)15-20-17-35-25-11-7-5-9-22(20)25/h4-11,16-18,23,26-28,34-35H,12-15,33H2,1-3H3,(H,36,40)(H,37,41)(H,38,39)(H,42,43). The molecule has 4 aromatic rings. The van der Waals surface area contributed by atoms with Crippen molar-refractivity contribution in [2.45, 2.75) is 57.3 Å². The molecule has 0 fully saturated rings. The summed E-state index contributed by atoms with van der Waals surface area (Å²) in [6.45, 7) is 3.57. The molecule has 0 aliphatic heterocycles. The van der Waals surface area contributed by atoms with Crippen LogP contribution in [0.1, 0.15) is 31.4 Å². The molecule has 0 spiro atoms. The Morgan fingerprint density at radius 2 is 1.34 bits per heavy atom. The lowest BCUT2D eigenvalue weighted by Crippen LogP contribution is -2.59.